The molecule has 0 spiro atoms. The van der Waals surface area contributed by atoms with Crippen molar-refractivity contribution in [3.63, 3.8) is 0 Å². The van der Waals surface area contributed by atoms with Crippen molar-refractivity contribution < 1.29 is 4.39 Å². The predicted octanol–water partition coefficient (Wildman–Crippen LogP) is 3.91. The van der Waals surface area contributed by atoms with Crippen molar-refractivity contribution in [3.8, 4) is 5.69 Å². The molecule has 0 unspecified atom stereocenters. The first-order valence-corrected chi connectivity index (χ1v) is 9.18. The molecule has 0 saturated heterocycles. The highest BCUT2D eigenvalue weighted by Gasteiger charge is 2.23. The number of thioether (sulfide) groups is 2. The molecule has 1 aromatic heterocycles. The Labute approximate surface area is 137 Å². The SMILES string of the molecule is CC[C@H](C)Sc1nc2c(c(=O)n1-c1ccc(F)cc1)SCC2. The number of aromatic nitrogens is 2. The monoisotopic (exact) mass is 336 g/mol. The van der Waals surface area contributed by atoms with E-state index in [0.717, 1.165) is 29.2 Å². The van der Waals surface area contributed by atoms with E-state index < -0.39 is 0 Å². The van der Waals surface area contributed by atoms with Crippen LogP contribution in [-0.4, -0.2) is 20.6 Å². The van der Waals surface area contributed by atoms with Crippen molar-refractivity contribution in [1.29, 1.82) is 0 Å². The van der Waals surface area contributed by atoms with Crippen molar-refractivity contribution in [2.75, 3.05) is 5.75 Å². The molecule has 116 valence electrons. The number of aryl methyl sites for hydroxylation is 1. The number of nitrogens with zero attached hydrogens (tertiary/aromatic N) is 2. The first kappa shape index (κ1) is 15.6. The topological polar surface area (TPSA) is 34.9 Å². The van der Waals surface area contributed by atoms with Gasteiger partial charge in [0.1, 0.15) is 5.82 Å². The summed E-state index contributed by atoms with van der Waals surface area (Å²) in [6.45, 7) is 4.23. The second-order valence-corrected chi connectivity index (χ2v) is 7.73. The minimum atomic E-state index is -0.309. The molecule has 6 heteroatoms. The van der Waals surface area contributed by atoms with Crippen molar-refractivity contribution in [3.05, 3.63) is 46.1 Å². The molecule has 2 aromatic rings. The van der Waals surface area contributed by atoms with E-state index >= 15 is 0 Å². The summed E-state index contributed by atoms with van der Waals surface area (Å²) in [6.07, 6.45) is 1.84. The zero-order valence-corrected chi connectivity index (χ0v) is 14.1. The van der Waals surface area contributed by atoms with Gasteiger partial charge < -0.3 is 0 Å². The quantitative estimate of drug-likeness (QED) is 0.626. The standard InChI is InChI=1S/C16H17FN2OS2/c1-3-10(2)22-16-18-13-8-9-21-14(13)15(20)19(16)12-6-4-11(17)5-7-12/h4-7,10H,3,8-9H2,1-2H3/t10-/m0/s1. The van der Waals surface area contributed by atoms with E-state index in [1.165, 1.54) is 12.1 Å². The molecule has 0 saturated carbocycles. The number of rotatable bonds is 4. The lowest BCUT2D eigenvalue weighted by molar-refractivity contribution is 0.626. The molecule has 1 atom stereocenters. The zero-order chi connectivity index (χ0) is 15.7. The van der Waals surface area contributed by atoms with Crippen molar-refractivity contribution in [2.24, 2.45) is 0 Å². The van der Waals surface area contributed by atoms with Gasteiger partial charge in [0.2, 0.25) is 0 Å². The lowest BCUT2D eigenvalue weighted by Gasteiger charge is -2.16. The Morgan fingerprint density at radius 2 is 2.14 bits per heavy atom. The maximum atomic E-state index is 13.2. The number of hydrogen-bond donors (Lipinski definition) is 0. The van der Waals surface area contributed by atoms with E-state index in [0.29, 0.717) is 16.1 Å². The van der Waals surface area contributed by atoms with E-state index in [-0.39, 0.29) is 11.4 Å². The summed E-state index contributed by atoms with van der Waals surface area (Å²) >= 11 is 3.16. The van der Waals surface area contributed by atoms with Gasteiger partial charge in [0.05, 0.1) is 16.3 Å². The molecule has 0 fully saturated rings. The Bertz CT molecular complexity index is 743. The van der Waals surface area contributed by atoms with Crippen LogP contribution in [0.1, 0.15) is 26.0 Å². The van der Waals surface area contributed by atoms with Crippen LogP contribution in [0.4, 0.5) is 4.39 Å². The molecule has 0 radical (unpaired) electrons. The van der Waals surface area contributed by atoms with Gasteiger partial charge in [-0.25, -0.2) is 9.37 Å². The average Bonchev–Trinajstić information content (AvgIpc) is 2.97. The molecule has 0 aliphatic carbocycles. The van der Waals surface area contributed by atoms with Gasteiger partial charge in [-0.3, -0.25) is 9.36 Å². The number of hydrogen-bond acceptors (Lipinski definition) is 4. The van der Waals surface area contributed by atoms with E-state index in [4.69, 9.17) is 4.98 Å². The van der Waals surface area contributed by atoms with Crippen LogP contribution in [-0.2, 0) is 6.42 Å². The summed E-state index contributed by atoms with van der Waals surface area (Å²) in [4.78, 5) is 18.3. The van der Waals surface area contributed by atoms with Gasteiger partial charge in [0.25, 0.3) is 5.56 Å². The van der Waals surface area contributed by atoms with Crippen LogP contribution in [0.25, 0.3) is 5.69 Å². The molecule has 1 aromatic carbocycles. The molecule has 1 aliphatic heterocycles. The van der Waals surface area contributed by atoms with E-state index in [2.05, 4.69) is 13.8 Å². The Kier molecular flexibility index (Phi) is 4.59. The second-order valence-electron chi connectivity index (χ2n) is 5.22. The van der Waals surface area contributed by atoms with Gasteiger partial charge in [-0.2, -0.15) is 0 Å². The number of fused-ring (bicyclic) bond motifs is 1. The largest absolute Gasteiger partial charge is 0.272 e. The van der Waals surface area contributed by atoms with Crippen LogP contribution >= 0.6 is 23.5 Å². The summed E-state index contributed by atoms with van der Waals surface area (Å²) < 4.78 is 14.8. The summed E-state index contributed by atoms with van der Waals surface area (Å²) in [6, 6.07) is 6.01. The maximum absolute atomic E-state index is 13.2. The van der Waals surface area contributed by atoms with Gasteiger partial charge in [0, 0.05) is 17.4 Å². The number of halogens is 1. The normalized spacial score (nSPS) is 14.9. The minimum Gasteiger partial charge on any atom is -0.268 e. The van der Waals surface area contributed by atoms with Gasteiger partial charge in [-0.05, 0) is 30.7 Å². The van der Waals surface area contributed by atoms with Crippen LogP contribution in [0, 0.1) is 5.82 Å². The highest BCUT2D eigenvalue weighted by Crippen LogP contribution is 2.31. The fourth-order valence-corrected chi connectivity index (χ4v) is 4.26. The highest BCUT2D eigenvalue weighted by atomic mass is 32.2. The molecular weight excluding hydrogens is 319 g/mol. The summed E-state index contributed by atoms with van der Waals surface area (Å²) in [5, 5.41) is 1.07. The van der Waals surface area contributed by atoms with E-state index in [1.54, 1.807) is 40.2 Å². The maximum Gasteiger partial charge on any atom is 0.272 e. The van der Waals surface area contributed by atoms with Crippen LogP contribution < -0.4 is 5.56 Å². The van der Waals surface area contributed by atoms with Gasteiger partial charge in [-0.1, -0.05) is 25.6 Å². The fraction of sp³-hybridized carbons (Fsp3) is 0.375. The Hall–Kier alpha value is -1.27. The van der Waals surface area contributed by atoms with Crippen LogP contribution in [0.3, 0.4) is 0 Å². The summed E-state index contributed by atoms with van der Waals surface area (Å²) in [7, 11) is 0. The van der Waals surface area contributed by atoms with Gasteiger partial charge >= 0.3 is 0 Å². The van der Waals surface area contributed by atoms with Crippen LogP contribution in [0.5, 0.6) is 0 Å². The molecule has 0 N–H and O–H groups in total. The van der Waals surface area contributed by atoms with Crippen molar-refractivity contribution in [2.45, 2.75) is 42.0 Å². The minimum absolute atomic E-state index is 0.0371. The molecule has 2 heterocycles. The Morgan fingerprint density at radius 1 is 1.41 bits per heavy atom. The highest BCUT2D eigenvalue weighted by molar-refractivity contribution is 8.00. The molecule has 0 amide bonds. The summed E-state index contributed by atoms with van der Waals surface area (Å²) in [5.74, 6) is 0.592. The molecule has 0 bridgehead atoms. The fourth-order valence-electron chi connectivity index (χ4n) is 2.25. The number of benzene rings is 1. The zero-order valence-electron chi connectivity index (χ0n) is 12.5. The van der Waals surface area contributed by atoms with Crippen molar-refractivity contribution in [1.82, 2.24) is 9.55 Å². The van der Waals surface area contributed by atoms with E-state index in [9.17, 15) is 9.18 Å². The molecule has 1 aliphatic rings. The first-order chi connectivity index (χ1) is 10.6. The predicted molar refractivity (Wildman–Crippen MR) is 89.8 cm³/mol. The third-order valence-corrected chi connectivity index (χ3v) is 5.96. The molecular formula is C16H17FN2OS2. The van der Waals surface area contributed by atoms with Crippen molar-refractivity contribution >= 4 is 23.5 Å². The first-order valence-electron chi connectivity index (χ1n) is 7.31. The summed E-state index contributed by atoms with van der Waals surface area (Å²) in [5.41, 5.74) is 1.53. The van der Waals surface area contributed by atoms with Crippen LogP contribution in [0.15, 0.2) is 39.1 Å². The molecule has 3 nitrogen and oxygen atoms in total. The van der Waals surface area contributed by atoms with Gasteiger partial charge in [-0.15, -0.1) is 11.8 Å². The molecule has 3 rings (SSSR count). The lowest BCUT2D eigenvalue weighted by Crippen LogP contribution is -2.24. The smallest absolute Gasteiger partial charge is 0.268 e. The molecule has 22 heavy (non-hydrogen) atoms. The lowest BCUT2D eigenvalue weighted by atomic mass is 10.3. The average molecular weight is 336 g/mol. The van der Waals surface area contributed by atoms with Gasteiger partial charge in [0.15, 0.2) is 5.16 Å². The Balaban J connectivity index is 2.17. The third kappa shape index (κ3) is 2.94. The Morgan fingerprint density at radius 3 is 2.82 bits per heavy atom. The van der Waals surface area contributed by atoms with Crippen LogP contribution in [0.2, 0.25) is 0 Å². The third-order valence-electron chi connectivity index (χ3n) is 3.63. The second kappa shape index (κ2) is 6.46. The van der Waals surface area contributed by atoms with E-state index in [1.807, 2.05) is 0 Å².